The van der Waals surface area contributed by atoms with Gasteiger partial charge in [-0.25, -0.2) is 15.0 Å². The van der Waals surface area contributed by atoms with Crippen molar-refractivity contribution in [2.45, 2.75) is 33.4 Å². The zero-order chi connectivity index (χ0) is 22.8. The topological polar surface area (TPSA) is 94.3 Å². The Hall–Kier alpha value is -4.20. The number of aromatic nitrogens is 7. The summed E-state index contributed by atoms with van der Waals surface area (Å²) in [6, 6.07) is 12.2. The second-order valence-corrected chi connectivity index (χ2v) is 8.13. The van der Waals surface area contributed by atoms with Crippen LogP contribution in [0.15, 0.2) is 67.5 Å². The fraction of sp³-hybridized carbons (Fsp3) is 0.200. The van der Waals surface area contributed by atoms with Crippen LogP contribution in [-0.2, 0) is 6.54 Å². The molecule has 0 bridgehead atoms. The number of nitrogens with one attached hydrogen (secondary N) is 1. The molecule has 0 atom stereocenters. The maximum absolute atomic E-state index is 4.78. The lowest BCUT2D eigenvalue weighted by Crippen LogP contribution is -2.07. The van der Waals surface area contributed by atoms with Crippen LogP contribution in [0.4, 0.5) is 5.82 Å². The highest BCUT2D eigenvalue weighted by molar-refractivity contribution is 5.85. The van der Waals surface area contributed by atoms with Crippen molar-refractivity contribution in [2.24, 2.45) is 0 Å². The van der Waals surface area contributed by atoms with Crippen molar-refractivity contribution in [1.29, 1.82) is 0 Å². The fourth-order valence-corrected chi connectivity index (χ4v) is 3.64. The minimum Gasteiger partial charge on any atom is -0.362 e. The first kappa shape index (κ1) is 20.7. The van der Waals surface area contributed by atoms with Crippen LogP contribution in [0.2, 0.25) is 0 Å². The highest BCUT2D eigenvalue weighted by Crippen LogP contribution is 2.26. The van der Waals surface area contributed by atoms with Crippen molar-refractivity contribution < 1.29 is 0 Å². The standard InChI is InChI=1S/C25H24N8/c1-16(2)33-15-30-22-24(31-23(32-25(22)33)20-5-4-9-26-12-20)29-14-21-7-6-19(13-28-21)18-8-10-27-17(3)11-18/h4-13,15-16H,14H2,1-3H3,(H,29,31,32). The minimum absolute atomic E-state index is 0.227. The molecule has 0 aliphatic heterocycles. The van der Waals surface area contributed by atoms with Crippen molar-refractivity contribution >= 4 is 17.0 Å². The molecule has 0 amide bonds. The predicted molar refractivity (Wildman–Crippen MR) is 128 cm³/mol. The first-order chi connectivity index (χ1) is 16.1. The molecular formula is C25H24N8. The average Bonchev–Trinajstić information content (AvgIpc) is 3.28. The van der Waals surface area contributed by atoms with Crippen LogP contribution in [-0.4, -0.2) is 34.5 Å². The second kappa shape index (κ2) is 8.74. The molecule has 0 saturated carbocycles. The Morgan fingerprint density at radius 2 is 1.82 bits per heavy atom. The Kier molecular flexibility index (Phi) is 5.48. The highest BCUT2D eigenvalue weighted by Gasteiger charge is 2.16. The molecule has 8 heteroatoms. The van der Waals surface area contributed by atoms with E-state index < -0.39 is 0 Å². The van der Waals surface area contributed by atoms with E-state index in [0.29, 0.717) is 18.2 Å². The summed E-state index contributed by atoms with van der Waals surface area (Å²) >= 11 is 0. The summed E-state index contributed by atoms with van der Waals surface area (Å²) in [4.78, 5) is 27.2. The van der Waals surface area contributed by atoms with Crippen molar-refractivity contribution in [3.63, 3.8) is 0 Å². The van der Waals surface area contributed by atoms with E-state index in [9.17, 15) is 0 Å². The van der Waals surface area contributed by atoms with Crippen molar-refractivity contribution in [2.75, 3.05) is 5.32 Å². The quantitative estimate of drug-likeness (QED) is 0.407. The lowest BCUT2D eigenvalue weighted by molar-refractivity contribution is 0.613. The number of rotatable bonds is 6. The van der Waals surface area contributed by atoms with Crippen LogP contribution < -0.4 is 5.32 Å². The Morgan fingerprint density at radius 1 is 0.909 bits per heavy atom. The normalized spacial score (nSPS) is 11.3. The van der Waals surface area contributed by atoms with E-state index in [4.69, 9.17) is 9.97 Å². The van der Waals surface area contributed by atoms with Gasteiger partial charge < -0.3 is 9.88 Å². The molecule has 8 nitrogen and oxygen atoms in total. The molecule has 33 heavy (non-hydrogen) atoms. The number of pyridine rings is 3. The summed E-state index contributed by atoms with van der Waals surface area (Å²) < 4.78 is 2.05. The Balaban J connectivity index is 1.45. The van der Waals surface area contributed by atoms with E-state index in [1.54, 1.807) is 12.4 Å². The van der Waals surface area contributed by atoms with Gasteiger partial charge in [-0.15, -0.1) is 0 Å². The Bertz CT molecular complexity index is 1390. The molecule has 0 radical (unpaired) electrons. The minimum atomic E-state index is 0.227. The summed E-state index contributed by atoms with van der Waals surface area (Å²) in [5.41, 5.74) is 6.43. The van der Waals surface area contributed by atoms with E-state index in [-0.39, 0.29) is 6.04 Å². The van der Waals surface area contributed by atoms with Crippen LogP contribution >= 0.6 is 0 Å². The maximum atomic E-state index is 4.78. The molecule has 0 spiro atoms. The third-order valence-electron chi connectivity index (χ3n) is 5.39. The monoisotopic (exact) mass is 436 g/mol. The van der Waals surface area contributed by atoms with Crippen LogP contribution in [0.5, 0.6) is 0 Å². The molecule has 5 aromatic rings. The van der Waals surface area contributed by atoms with Gasteiger partial charge in [0, 0.05) is 47.7 Å². The molecule has 0 saturated heterocycles. The van der Waals surface area contributed by atoms with Gasteiger partial charge in [-0.3, -0.25) is 15.0 Å². The lowest BCUT2D eigenvalue weighted by atomic mass is 10.1. The number of hydrogen-bond acceptors (Lipinski definition) is 7. The van der Waals surface area contributed by atoms with Crippen molar-refractivity contribution in [3.8, 4) is 22.5 Å². The van der Waals surface area contributed by atoms with Crippen molar-refractivity contribution in [3.05, 3.63) is 78.9 Å². The van der Waals surface area contributed by atoms with Gasteiger partial charge in [-0.1, -0.05) is 6.07 Å². The highest BCUT2D eigenvalue weighted by atomic mass is 15.2. The van der Waals surface area contributed by atoms with E-state index in [2.05, 4.69) is 51.2 Å². The summed E-state index contributed by atoms with van der Waals surface area (Å²) in [6.45, 7) is 6.71. The van der Waals surface area contributed by atoms with Gasteiger partial charge >= 0.3 is 0 Å². The second-order valence-electron chi connectivity index (χ2n) is 8.13. The number of nitrogens with zero attached hydrogens (tertiary/aromatic N) is 7. The Labute approximate surface area is 191 Å². The number of hydrogen-bond donors (Lipinski definition) is 1. The molecule has 0 unspecified atom stereocenters. The van der Waals surface area contributed by atoms with E-state index >= 15 is 0 Å². The van der Waals surface area contributed by atoms with Crippen molar-refractivity contribution in [1.82, 2.24) is 34.5 Å². The average molecular weight is 437 g/mol. The number of anilines is 1. The largest absolute Gasteiger partial charge is 0.362 e. The van der Waals surface area contributed by atoms with Gasteiger partial charge in [0.1, 0.15) is 5.52 Å². The van der Waals surface area contributed by atoms with E-state index in [0.717, 1.165) is 39.2 Å². The molecule has 0 aliphatic rings. The Morgan fingerprint density at radius 3 is 2.55 bits per heavy atom. The lowest BCUT2D eigenvalue weighted by Gasteiger charge is -2.11. The zero-order valence-electron chi connectivity index (χ0n) is 18.8. The van der Waals surface area contributed by atoms with Gasteiger partial charge in [-0.2, -0.15) is 0 Å². The number of fused-ring (bicyclic) bond motifs is 1. The third kappa shape index (κ3) is 4.27. The van der Waals surface area contributed by atoms with E-state index in [1.165, 1.54) is 0 Å². The number of imidazole rings is 1. The smallest absolute Gasteiger partial charge is 0.166 e. The molecule has 164 valence electrons. The fourth-order valence-electron chi connectivity index (χ4n) is 3.64. The summed E-state index contributed by atoms with van der Waals surface area (Å²) in [6.07, 6.45) is 9.02. The summed E-state index contributed by atoms with van der Waals surface area (Å²) in [5.74, 6) is 1.28. The molecule has 5 heterocycles. The van der Waals surface area contributed by atoms with Gasteiger partial charge in [0.15, 0.2) is 17.3 Å². The zero-order valence-corrected chi connectivity index (χ0v) is 18.8. The first-order valence-electron chi connectivity index (χ1n) is 10.9. The molecule has 0 aromatic carbocycles. The van der Waals surface area contributed by atoms with Gasteiger partial charge in [0.05, 0.1) is 18.6 Å². The van der Waals surface area contributed by atoms with Crippen LogP contribution in [0.3, 0.4) is 0 Å². The van der Waals surface area contributed by atoms with E-state index in [1.807, 2.05) is 54.5 Å². The van der Waals surface area contributed by atoms with Crippen LogP contribution in [0, 0.1) is 6.92 Å². The predicted octanol–water partition coefficient (Wildman–Crippen LogP) is 4.85. The van der Waals surface area contributed by atoms with Gasteiger partial charge in [0.25, 0.3) is 0 Å². The molecule has 5 aromatic heterocycles. The van der Waals surface area contributed by atoms with Gasteiger partial charge in [-0.05, 0) is 56.7 Å². The molecular weight excluding hydrogens is 412 g/mol. The maximum Gasteiger partial charge on any atom is 0.166 e. The molecule has 1 N–H and O–H groups in total. The van der Waals surface area contributed by atoms with Crippen LogP contribution in [0.25, 0.3) is 33.7 Å². The summed E-state index contributed by atoms with van der Waals surface area (Å²) in [7, 11) is 0. The summed E-state index contributed by atoms with van der Waals surface area (Å²) in [5, 5.41) is 3.41. The molecule has 0 aliphatic carbocycles. The third-order valence-corrected chi connectivity index (χ3v) is 5.39. The molecule has 5 rings (SSSR count). The van der Waals surface area contributed by atoms with Crippen LogP contribution in [0.1, 0.15) is 31.3 Å². The molecule has 0 fully saturated rings. The first-order valence-corrected chi connectivity index (χ1v) is 10.9. The number of aryl methyl sites for hydroxylation is 1. The van der Waals surface area contributed by atoms with Gasteiger partial charge in [0.2, 0.25) is 0 Å². The SMILES string of the molecule is Cc1cc(-c2ccc(CNc3nc(-c4cccnc4)nc4c3ncn4C(C)C)nc2)ccn1.